The van der Waals surface area contributed by atoms with Crippen molar-refractivity contribution in [1.82, 2.24) is 21.3 Å². The number of hydrogen-bond acceptors (Lipinski definition) is 13. The third-order valence-electron chi connectivity index (χ3n) is 8.74. The number of aliphatic hydroxyl groups excluding tert-OH is 4. The van der Waals surface area contributed by atoms with Crippen LogP contribution in [0.5, 0.6) is 0 Å². The average molecular weight is 755 g/mol. The normalized spacial score (nSPS) is 22.8. The Kier molecular flexibility index (Phi) is 18.2. The molecule has 2 rings (SSSR count). The first-order chi connectivity index (χ1) is 24.8. The SMILES string of the molecule is CC(C)CCCCC[C@H](CC(=O)N[C@H](CC(N)=O)C(=O)N[C@H](C(=O)N[C@H](Cc1ccccc1)C(=O)O)[C@@H](O)C(N)=O)NC[C@@]1(O)OC[C@@H](O)[C@@H](O)[C@@H]1O. The summed E-state index contributed by atoms with van der Waals surface area (Å²) in [4.78, 5) is 75.7. The number of aliphatic hydroxyl groups is 5. The zero-order chi connectivity index (χ0) is 39.9. The van der Waals surface area contributed by atoms with E-state index in [0.29, 0.717) is 24.3 Å². The molecule has 0 saturated carbocycles. The first-order valence-corrected chi connectivity index (χ1v) is 17.4. The molecule has 298 valence electrons. The van der Waals surface area contributed by atoms with E-state index in [9.17, 15) is 59.4 Å². The average Bonchev–Trinajstić information content (AvgIpc) is 3.09. The largest absolute Gasteiger partial charge is 0.480 e. The number of aliphatic carboxylic acids is 1. The maximum atomic E-state index is 13.4. The van der Waals surface area contributed by atoms with Crippen molar-refractivity contribution in [2.45, 2.75) is 120 Å². The maximum Gasteiger partial charge on any atom is 0.326 e. The smallest absolute Gasteiger partial charge is 0.326 e. The Morgan fingerprint density at radius 1 is 0.887 bits per heavy atom. The number of carboxylic acids is 1. The third-order valence-corrected chi connectivity index (χ3v) is 8.74. The van der Waals surface area contributed by atoms with E-state index >= 15 is 0 Å². The molecule has 1 aliphatic rings. The van der Waals surface area contributed by atoms with Gasteiger partial charge < -0.3 is 68.1 Å². The molecule has 0 unspecified atom stereocenters. The number of nitrogens with one attached hydrogen (secondary N) is 4. The van der Waals surface area contributed by atoms with Crippen molar-refractivity contribution in [3.05, 3.63) is 35.9 Å². The fourth-order valence-corrected chi connectivity index (χ4v) is 5.64. The molecule has 1 aliphatic heterocycles. The van der Waals surface area contributed by atoms with Crippen molar-refractivity contribution in [2.24, 2.45) is 17.4 Å². The van der Waals surface area contributed by atoms with Gasteiger partial charge in [-0.15, -0.1) is 0 Å². The molecule has 1 saturated heterocycles. The Morgan fingerprint density at radius 3 is 2.11 bits per heavy atom. The van der Waals surface area contributed by atoms with Crippen LogP contribution in [0, 0.1) is 5.92 Å². The first-order valence-electron chi connectivity index (χ1n) is 17.4. The lowest BCUT2D eigenvalue weighted by molar-refractivity contribution is -0.318. The number of unbranched alkanes of at least 4 members (excludes halogenated alkanes) is 2. The fourth-order valence-electron chi connectivity index (χ4n) is 5.64. The van der Waals surface area contributed by atoms with E-state index in [1.807, 2.05) is 0 Å². The summed E-state index contributed by atoms with van der Waals surface area (Å²) in [6.07, 6.45) is -5.12. The highest BCUT2D eigenvalue weighted by Gasteiger charge is 2.48. The number of primary amides is 2. The number of rotatable bonds is 23. The molecule has 0 aliphatic carbocycles. The summed E-state index contributed by atoms with van der Waals surface area (Å²) in [7, 11) is 0. The zero-order valence-electron chi connectivity index (χ0n) is 29.8. The Labute approximate surface area is 306 Å². The van der Waals surface area contributed by atoms with Crippen molar-refractivity contribution >= 4 is 35.5 Å². The highest BCUT2D eigenvalue weighted by molar-refractivity contribution is 5.98. The van der Waals surface area contributed by atoms with Gasteiger partial charge in [0, 0.05) is 18.9 Å². The summed E-state index contributed by atoms with van der Waals surface area (Å²) in [6, 6.07) is 2.02. The molecule has 0 aromatic heterocycles. The molecule has 0 spiro atoms. The van der Waals surface area contributed by atoms with Gasteiger partial charge in [-0.2, -0.15) is 0 Å². The predicted molar refractivity (Wildman–Crippen MR) is 186 cm³/mol. The zero-order valence-corrected chi connectivity index (χ0v) is 29.8. The lowest BCUT2D eigenvalue weighted by Gasteiger charge is -2.42. The molecule has 19 heteroatoms. The van der Waals surface area contributed by atoms with Crippen LogP contribution in [0.2, 0.25) is 0 Å². The Balaban J connectivity index is 2.21. The van der Waals surface area contributed by atoms with E-state index in [4.69, 9.17) is 16.2 Å². The third kappa shape index (κ3) is 15.0. The topological polar surface area (TPSA) is 333 Å². The van der Waals surface area contributed by atoms with Gasteiger partial charge in [-0.1, -0.05) is 69.9 Å². The number of carbonyl (C=O) groups is 6. The van der Waals surface area contributed by atoms with Crippen LogP contribution in [0.25, 0.3) is 0 Å². The van der Waals surface area contributed by atoms with Crippen LogP contribution >= 0.6 is 0 Å². The van der Waals surface area contributed by atoms with Gasteiger partial charge in [0.1, 0.15) is 36.4 Å². The second-order valence-electron chi connectivity index (χ2n) is 13.7. The lowest BCUT2D eigenvalue weighted by Crippen LogP contribution is -2.65. The van der Waals surface area contributed by atoms with Gasteiger partial charge in [0.2, 0.25) is 35.3 Å². The summed E-state index contributed by atoms with van der Waals surface area (Å²) in [5.41, 5.74) is 11.0. The maximum absolute atomic E-state index is 13.4. The Morgan fingerprint density at radius 2 is 1.53 bits per heavy atom. The van der Waals surface area contributed by atoms with Gasteiger partial charge in [0.25, 0.3) is 0 Å². The summed E-state index contributed by atoms with van der Waals surface area (Å²) in [5.74, 6) is -9.18. The van der Waals surface area contributed by atoms with Crippen molar-refractivity contribution in [1.29, 1.82) is 0 Å². The number of ether oxygens (including phenoxy) is 1. The highest BCUT2D eigenvalue weighted by Crippen LogP contribution is 2.24. The number of amides is 5. The monoisotopic (exact) mass is 754 g/mol. The minimum absolute atomic E-state index is 0.201. The minimum Gasteiger partial charge on any atom is -0.480 e. The quantitative estimate of drug-likeness (QED) is 0.0478. The molecule has 0 bridgehead atoms. The van der Waals surface area contributed by atoms with Crippen molar-refractivity contribution in [2.75, 3.05) is 13.2 Å². The van der Waals surface area contributed by atoms with E-state index in [1.165, 1.54) is 0 Å². The molecule has 9 atom stereocenters. The first kappa shape index (κ1) is 44.9. The molecule has 53 heavy (non-hydrogen) atoms. The standard InChI is InChI=1S/C34H54N6O13/c1-18(2)9-5-3-8-12-20(37-17-34(52)29(46)27(44)23(41)16-53-34)14-25(43)38-21(15-24(35)42)31(48)40-26(28(45)30(36)47)32(49)39-22(33(50)51)13-19-10-6-4-7-11-19/h4,6-7,10-11,18,20-23,26-29,37,41,44-46,52H,3,5,8-9,12-17H2,1-2H3,(H2,35,42)(H2,36,47)(H,38,43)(H,39,49)(H,40,48)(H,50,51)/t20-,21-,22-,23-,26+,27-,28-,29+,34-/m1/s1. The highest BCUT2D eigenvalue weighted by atomic mass is 16.6. The van der Waals surface area contributed by atoms with Crippen LogP contribution in [0.15, 0.2) is 30.3 Å². The Bertz CT molecular complexity index is 1390. The van der Waals surface area contributed by atoms with E-state index in [1.54, 1.807) is 30.3 Å². The molecular formula is C34H54N6O13. The molecule has 19 nitrogen and oxygen atoms in total. The molecule has 1 aromatic rings. The predicted octanol–water partition coefficient (Wildman–Crippen LogP) is -3.75. The molecule has 5 amide bonds. The van der Waals surface area contributed by atoms with E-state index in [0.717, 1.165) is 19.3 Å². The van der Waals surface area contributed by atoms with Crippen LogP contribution in [0.3, 0.4) is 0 Å². The number of benzene rings is 1. The van der Waals surface area contributed by atoms with Gasteiger partial charge in [-0.25, -0.2) is 4.79 Å². The molecule has 1 fully saturated rings. The summed E-state index contributed by atoms with van der Waals surface area (Å²) >= 11 is 0. The van der Waals surface area contributed by atoms with E-state index < -0.39 is 109 Å². The van der Waals surface area contributed by atoms with Gasteiger partial charge >= 0.3 is 5.97 Å². The second-order valence-corrected chi connectivity index (χ2v) is 13.7. The summed E-state index contributed by atoms with van der Waals surface area (Å²) in [5, 5.41) is 70.6. The van der Waals surface area contributed by atoms with Gasteiger partial charge in [-0.05, 0) is 17.9 Å². The van der Waals surface area contributed by atoms with Crippen LogP contribution in [-0.2, 0) is 39.9 Å². The van der Waals surface area contributed by atoms with Gasteiger partial charge in [0.05, 0.1) is 19.6 Å². The van der Waals surface area contributed by atoms with Crippen molar-refractivity contribution in [3.63, 3.8) is 0 Å². The summed E-state index contributed by atoms with van der Waals surface area (Å²) < 4.78 is 5.19. The van der Waals surface area contributed by atoms with Crippen molar-refractivity contribution < 1.29 is 64.1 Å². The molecule has 1 aromatic carbocycles. The van der Waals surface area contributed by atoms with Crippen LogP contribution in [0.1, 0.15) is 64.4 Å². The van der Waals surface area contributed by atoms with Crippen LogP contribution in [-0.4, -0.2) is 134 Å². The van der Waals surface area contributed by atoms with E-state index in [-0.39, 0.29) is 12.8 Å². The molecule has 14 N–H and O–H groups in total. The second kappa shape index (κ2) is 21.5. The molecule has 1 heterocycles. The van der Waals surface area contributed by atoms with Crippen LogP contribution in [0.4, 0.5) is 0 Å². The van der Waals surface area contributed by atoms with Gasteiger partial charge in [-0.3, -0.25) is 24.0 Å². The lowest BCUT2D eigenvalue weighted by atomic mass is 9.95. The number of nitrogens with two attached hydrogens (primary N) is 2. The molecule has 0 radical (unpaired) electrons. The molecular weight excluding hydrogens is 700 g/mol. The number of carboxylic acid groups (broad SMARTS) is 1. The Hall–Kier alpha value is -4.24. The van der Waals surface area contributed by atoms with Crippen LogP contribution < -0.4 is 32.7 Å². The summed E-state index contributed by atoms with van der Waals surface area (Å²) in [6.45, 7) is 3.21. The number of carbonyl (C=O) groups excluding carboxylic acids is 5. The van der Waals surface area contributed by atoms with Gasteiger partial charge in [0.15, 0.2) is 6.10 Å². The van der Waals surface area contributed by atoms with E-state index in [2.05, 4.69) is 35.1 Å². The minimum atomic E-state index is -2.36. The van der Waals surface area contributed by atoms with Crippen molar-refractivity contribution in [3.8, 4) is 0 Å². The number of hydrogen-bond donors (Lipinski definition) is 12. The fraction of sp³-hybridized carbons (Fsp3) is 0.647.